The van der Waals surface area contributed by atoms with Crippen LogP contribution in [-0.4, -0.2) is 15.7 Å². The van der Waals surface area contributed by atoms with Gasteiger partial charge in [0.1, 0.15) is 0 Å². The largest absolute Gasteiger partial charge is 0.272 e. The van der Waals surface area contributed by atoms with Crippen molar-refractivity contribution in [2.45, 2.75) is 47.0 Å². The first-order valence-corrected chi connectivity index (χ1v) is 5.22. The van der Waals surface area contributed by atoms with E-state index in [1.54, 1.807) is 6.20 Å². The van der Waals surface area contributed by atoms with Crippen molar-refractivity contribution in [1.82, 2.24) is 9.78 Å². The van der Waals surface area contributed by atoms with E-state index in [9.17, 15) is 4.79 Å². The van der Waals surface area contributed by atoms with E-state index in [4.69, 9.17) is 0 Å². The highest BCUT2D eigenvalue weighted by molar-refractivity contribution is 5.83. The zero-order chi connectivity index (χ0) is 11.9. The molecule has 0 spiro atoms. The molecule has 3 heteroatoms. The SMILES string of the molecule is CC(C)(C)C(=O)n1cc(C(C)(C)C)cn1. The minimum atomic E-state index is -0.388. The lowest BCUT2D eigenvalue weighted by Crippen LogP contribution is -2.27. The van der Waals surface area contributed by atoms with E-state index in [0.717, 1.165) is 5.56 Å². The molecule has 0 aliphatic rings. The van der Waals surface area contributed by atoms with Crippen LogP contribution in [0.15, 0.2) is 12.4 Å². The van der Waals surface area contributed by atoms with Crippen LogP contribution in [0.25, 0.3) is 0 Å². The van der Waals surface area contributed by atoms with Gasteiger partial charge < -0.3 is 0 Å². The minimum absolute atomic E-state index is 0.0259. The van der Waals surface area contributed by atoms with E-state index in [0.29, 0.717) is 0 Å². The predicted molar refractivity (Wildman–Crippen MR) is 61.0 cm³/mol. The van der Waals surface area contributed by atoms with Gasteiger partial charge >= 0.3 is 0 Å². The summed E-state index contributed by atoms with van der Waals surface area (Å²) in [5.41, 5.74) is 0.734. The normalized spacial score (nSPS) is 12.9. The number of aromatic nitrogens is 2. The number of carbonyl (C=O) groups excluding carboxylic acids is 1. The summed E-state index contributed by atoms with van der Waals surface area (Å²) in [5, 5.41) is 4.12. The standard InChI is InChI=1S/C12H20N2O/c1-11(2,3)9-7-13-14(8-9)10(15)12(4,5)6/h7-8H,1-6H3. The second kappa shape index (κ2) is 3.47. The molecular weight excluding hydrogens is 188 g/mol. The maximum atomic E-state index is 11.9. The first-order valence-electron chi connectivity index (χ1n) is 5.22. The molecule has 0 saturated carbocycles. The summed E-state index contributed by atoms with van der Waals surface area (Å²) in [4.78, 5) is 11.9. The van der Waals surface area contributed by atoms with Crippen LogP contribution in [0.2, 0.25) is 0 Å². The first kappa shape index (κ1) is 12.0. The number of hydrogen-bond donors (Lipinski definition) is 0. The van der Waals surface area contributed by atoms with Crippen molar-refractivity contribution in [3.05, 3.63) is 18.0 Å². The average molecular weight is 208 g/mol. The Morgan fingerprint density at radius 3 is 2.07 bits per heavy atom. The molecule has 84 valence electrons. The molecule has 1 rings (SSSR count). The lowest BCUT2D eigenvalue weighted by Gasteiger charge is -2.17. The maximum absolute atomic E-state index is 11.9. The molecule has 1 aromatic rings. The summed E-state index contributed by atoms with van der Waals surface area (Å²) in [5.74, 6) is 0.0259. The number of carbonyl (C=O) groups is 1. The molecular formula is C12H20N2O. The quantitative estimate of drug-likeness (QED) is 0.657. The third-order valence-electron chi connectivity index (χ3n) is 2.30. The fourth-order valence-electron chi connectivity index (χ4n) is 1.16. The Hall–Kier alpha value is -1.12. The highest BCUT2D eigenvalue weighted by Gasteiger charge is 2.25. The first-order chi connectivity index (χ1) is 6.62. The van der Waals surface area contributed by atoms with Crippen LogP contribution in [0.5, 0.6) is 0 Å². The Labute approximate surface area is 91.5 Å². The van der Waals surface area contributed by atoms with Crippen molar-refractivity contribution in [3.8, 4) is 0 Å². The van der Waals surface area contributed by atoms with Crippen LogP contribution in [0.3, 0.4) is 0 Å². The molecule has 0 atom stereocenters. The zero-order valence-corrected chi connectivity index (χ0v) is 10.5. The van der Waals surface area contributed by atoms with E-state index >= 15 is 0 Å². The Morgan fingerprint density at radius 2 is 1.73 bits per heavy atom. The monoisotopic (exact) mass is 208 g/mol. The lowest BCUT2D eigenvalue weighted by atomic mass is 9.90. The molecule has 1 aromatic heterocycles. The van der Waals surface area contributed by atoms with Gasteiger partial charge in [0, 0.05) is 11.6 Å². The van der Waals surface area contributed by atoms with Gasteiger partial charge in [0.15, 0.2) is 0 Å². The minimum Gasteiger partial charge on any atom is -0.272 e. The van der Waals surface area contributed by atoms with E-state index < -0.39 is 0 Å². The van der Waals surface area contributed by atoms with E-state index in [2.05, 4.69) is 25.9 Å². The van der Waals surface area contributed by atoms with Crippen molar-refractivity contribution in [1.29, 1.82) is 0 Å². The average Bonchev–Trinajstić information content (AvgIpc) is 2.47. The van der Waals surface area contributed by atoms with Crippen molar-refractivity contribution < 1.29 is 4.79 Å². The molecule has 3 nitrogen and oxygen atoms in total. The Kier molecular flexibility index (Phi) is 2.77. The van der Waals surface area contributed by atoms with Crippen LogP contribution in [-0.2, 0) is 5.41 Å². The molecule has 0 N–H and O–H groups in total. The van der Waals surface area contributed by atoms with Gasteiger partial charge in [-0.1, -0.05) is 41.5 Å². The van der Waals surface area contributed by atoms with Gasteiger partial charge in [-0.05, 0) is 11.0 Å². The maximum Gasteiger partial charge on any atom is 0.252 e. The molecule has 0 saturated heterocycles. The van der Waals surface area contributed by atoms with E-state index in [-0.39, 0.29) is 16.7 Å². The molecule has 15 heavy (non-hydrogen) atoms. The van der Waals surface area contributed by atoms with Crippen LogP contribution in [0, 0.1) is 5.41 Å². The smallest absolute Gasteiger partial charge is 0.252 e. The lowest BCUT2D eigenvalue weighted by molar-refractivity contribution is 0.0748. The molecule has 0 aliphatic heterocycles. The van der Waals surface area contributed by atoms with Crippen molar-refractivity contribution in [3.63, 3.8) is 0 Å². The molecule has 0 aromatic carbocycles. The van der Waals surface area contributed by atoms with Crippen LogP contribution >= 0.6 is 0 Å². The summed E-state index contributed by atoms with van der Waals surface area (Å²) >= 11 is 0. The van der Waals surface area contributed by atoms with Gasteiger partial charge in [0.2, 0.25) is 0 Å². The molecule has 0 unspecified atom stereocenters. The predicted octanol–water partition coefficient (Wildman–Crippen LogP) is 2.87. The molecule has 0 bridgehead atoms. The molecule has 1 heterocycles. The molecule has 0 radical (unpaired) electrons. The number of nitrogens with zero attached hydrogens (tertiary/aromatic N) is 2. The zero-order valence-electron chi connectivity index (χ0n) is 10.5. The summed E-state index contributed by atoms with van der Waals surface area (Å²) in [7, 11) is 0. The molecule has 0 fully saturated rings. The number of hydrogen-bond acceptors (Lipinski definition) is 2. The second-order valence-corrected chi connectivity index (χ2v) is 5.98. The molecule has 0 amide bonds. The van der Waals surface area contributed by atoms with E-state index in [1.807, 2.05) is 27.0 Å². The van der Waals surface area contributed by atoms with Gasteiger partial charge in [-0.15, -0.1) is 0 Å². The van der Waals surface area contributed by atoms with E-state index in [1.165, 1.54) is 4.68 Å². The van der Waals surface area contributed by atoms with Gasteiger partial charge in [-0.2, -0.15) is 5.10 Å². The summed E-state index contributed by atoms with van der Waals surface area (Å²) in [6, 6.07) is 0. The summed E-state index contributed by atoms with van der Waals surface area (Å²) in [6.45, 7) is 12.0. The van der Waals surface area contributed by atoms with Crippen molar-refractivity contribution in [2.24, 2.45) is 5.41 Å². The van der Waals surface area contributed by atoms with Gasteiger partial charge in [0.05, 0.1) is 6.20 Å². The Morgan fingerprint density at radius 1 is 1.20 bits per heavy atom. The third-order valence-corrected chi connectivity index (χ3v) is 2.30. The third kappa shape index (κ3) is 2.67. The van der Waals surface area contributed by atoms with Gasteiger partial charge in [0.25, 0.3) is 5.91 Å². The second-order valence-electron chi connectivity index (χ2n) is 5.98. The van der Waals surface area contributed by atoms with Gasteiger partial charge in [-0.3, -0.25) is 4.79 Å². The summed E-state index contributed by atoms with van der Waals surface area (Å²) in [6.07, 6.45) is 3.59. The number of rotatable bonds is 0. The van der Waals surface area contributed by atoms with Crippen molar-refractivity contribution >= 4 is 5.91 Å². The Balaban J connectivity index is 3.01. The van der Waals surface area contributed by atoms with Crippen LogP contribution in [0.1, 0.15) is 51.9 Å². The summed E-state index contributed by atoms with van der Waals surface area (Å²) < 4.78 is 1.45. The fourth-order valence-corrected chi connectivity index (χ4v) is 1.16. The Bertz CT molecular complexity index is 364. The highest BCUT2D eigenvalue weighted by atomic mass is 16.2. The highest BCUT2D eigenvalue weighted by Crippen LogP contribution is 2.22. The van der Waals surface area contributed by atoms with Gasteiger partial charge in [-0.25, -0.2) is 4.68 Å². The van der Waals surface area contributed by atoms with Crippen LogP contribution < -0.4 is 0 Å². The van der Waals surface area contributed by atoms with Crippen LogP contribution in [0.4, 0.5) is 0 Å². The molecule has 0 aliphatic carbocycles. The fraction of sp³-hybridized carbons (Fsp3) is 0.667. The topological polar surface area (TPSA) is 34.9 Å². The van der Waals surface area contributed by atoms with Crippen molar-refractivity contribution in [2.75, 3.05) is 0 Å².